The van der Waals surface area contributed by atoms with E-state index in [0.29, 0.717) is 6.61 Å². The van der Waals surface area contributed by atoms with Crippen molar-refractivity contribution in [3.8, 4) is 0 Å². The topological polar surface area (TPSA) is 20.2 Å². The normalized spacial score (nSPS) is 44.6. The van der Waals surface area contributed by atoms with E-state index in [0.717, 1.165) is 24.2 Å². The highest BCUT2D eigenvalue weighted by Crippen LogP contribution is 2.47. The predicted octanol–water partition coefficient (Wildman–Crippen LogP) is 1.27. The van der Waals surface area contributed by atoms with Gasteiger partial charge in [-0.25, -0.2) is 0 Å². The quantitative estimate of drug-likeness (QED) is 0.573. The van der Waals surface area contributed by atoms with Crippen LogP contribution in [0.3, 0.4) is 0 Å². The van der Waals surface area contributed by atoms with Gasteiger partial charge in [-0.1, -0.05) is 13.8 Å². The molecule has 1 aliphatic carbocycles. The Kier molecular flexibility index (Phi) is 1.57. The fourth-order valence-corrected chi connectivity index (χ4v) is 1.44. The summed E-state index contributed by atoms with van der Waals surface area (Å²) in [5.41, 5.74) is 0. The van der Waals surface area contributed by atoms with Gasteiger partial charge in [-0.2, -0.15) is 0 Å². The van der Waals surface area contributed by atoms with E-state index < -0.39 is 0 Å². The maximum absolute atomic E-state index is 8.51. The van der Waals surface area contributed by atoms with Crippen molar-refractivity contribution in [1.29, 1.82) is 0 Å². The summed E-state index contributed by atoms with van der Waals surface area (Å²) in [6.07, 6.45) is 1.02. The van der Waals surface area contributed by atoms with Crippen molar-refractivity contribution >= 4 is 0 Å². The molecule has 1 heteroatoms. The lowest BCUT2D eigenvalue weighted by Crippen LogP contribution is -1.85. The zero-order valence-electron chi connectivity index (χ0n) is 5.59. The smallest absolute Gasteiger partial charge is 0.0433 e. The minimum atomic E-state index is 0.374. The van der Waals surface area contributed by atoms with Crippen molar-refractivity contribution < 1.29 is 5.11 Å². The molecule has 48 valence electrons. The first-order chi connectivity index (χ1) is 3.77. The number of rotatable bonds is 2. The van der Waals surface area contributed by atoms with E-state index in [9.17, 15) is 0 Å². The number of hydrogen-bond acceptors (Lipinski definition) is 1. The Morgan fingerprint density at radius 3 is 1.88 bits per heavy atom. The monoisotopic (exact) mass is 114 g/mol. The van der Waals surface area contributed by atoms with Crippen LogP contribution < -0.4 is 0 Å². The van der Waals surface area contributed by atoms with Gasteiger partial charge in [0.1, 0.15) is 0 Å². The second kappa shape index (κ2) is 2.06. The predicted molar refractivity (Wildman–Crippen MR) is 33.5 cm³/mol. The van der Waals surface area contributed by atoms with Crippen molar-refractivity contribution in [2.75, 3.05) is 6.61 Å². The lowest BCUT2D eigenvalue weighted by Gasteiger charge is -1.87. The lowest BCUT2D eigenvalue weighted by molar-refractivity contribution is 0.275. The minimum absolute atomic E-state index is 0.374. The van der Waals surface area contributed by atoms with Crippen molar-refractivity contribution in [3.63, 3.8) is 0 Å². The average Bonchev–Trinajstić information content (AvgIpc) is 2.25. The summed E-state index contributed by atoms with van der Waals surface area (Å²) >= 11 is 0. The second-order valence-corrected chi connectivity index (χ2v) is 2.89. The summed E-state index contributed by atoms with van der Waals surface area (Å²) in [6, 6.07) is 0. The van der Waals surface area contributed by atoms with E-state index in [4.69, 9.17) is 5.11 Å². The zero-order chi connectivity index (χ0) is 6.15. The average molecular weight is 114 g/mol. The molecule has 1 aliphatic rings. The van der Waals surface area contributed by atoms with E-state index >= 15 is 0 Å². The Balaban J connectivity index is 2.13. The molecule has 0 aromatic carbocycles. The Bertz CT molecular complexity index is 72.5. The van der Waals surface area contributed by atoms with Gasteiger partial charge in [-0.15, -0.1) is 0 Å². The van der Waals surface area contributed by atoms with Crippen molar-refractivity contribution in [2.24, 2.45) is 17.8 Å². The molecule has 0 bridgehead atoms. The number of aliphatic hydroxyl groups is 1. The zero-order valence-corrected chi connectivity index (χ0v) is 5.59. The van der Waals surface area contributed by atoms with E-state index in [2.05, 4.69) is 13.8 Å². The molecule has 1 saturated carbocycles. The van der Waals surface area contributed by atoms with Crippen LogP contribution in [0.5, 0.6) is 0 Å². The van der Waals surface area contributed by atoms with Crippen molar-refractivity contribution in [3.05, 3.63) is 0 Å². The van der Waals surface area contributed by atoms with E-state index in [1.54, 1.807) is 0 Å². The molecule has 0 amide bonds. The summed E-state index contributed by atoms with van der Waals surface area (Å²) in [6.45, 7) is 4.88. The van der Waals surface area contributed by atoms with Gasteiger partial charge < -0.3 is 5.11 Å². The second-order valence-electron chi connectivity index (χ2n) is 2.89. The molecule has 0 spiro atoms. The molecule has 3 atom stereocenters. The molecule has 0 aromatic heterocycles. The Morgan fingerprint density at radius 1 is 1.25 bits per heavy atom. The molecule has 0 saturated heterocycles. The van der Waals surface area contributed by atoms with Crippen LogP contribution in [0.15, 0.2) is 0 Å². The molecule has 0 heterocycles. The molecule has 0 aliphatic heterocycles. The van der Waals surface area contributed by atoms with Crippen LogP contribution in [0.2, 0.25) is 0 Å². The summed E-state index contributed by atoms with van der Waals surface area (Å²) in [5.74, 6) is 2.59. The molecule has 0 radical (unpaired) electrons. The summed E-state index contributed by atoms with van der Waals surface area (Å²) < 4.78 is 0. The molecular formula is C7H14O. The van der Waals surface area contributed by atoms with Gasteiger partial charge in [0.15, 0.2) is 0 Å². The highest BCUT2D eigenvalue weighted by atomic mass is 16.3. The highest BCUT2D eigenvalue weighted by molar-refractivity contribution is 4.89. The Labute approximate surface area is 50.7 Å². The van der Waals surface area contributed by atoms with E-state index in [1.165, 1.54) is 0 Å². The third-order valence-corrected chi connectivity index (χ3v) is 2.50. The molecule has 1 N–H and O–H groups in total. The third-order valence-electron chi connectivity index (χ3n) is 2.50. The van der Waals surface area contributed by atoms with Crippen LogP contribution in [-0.2, 0) is 0 Å². The largest absolute Gasteiger partial charge is 0.396 e. The summed E-state index contributed by atoms with van der Waals surface area (Å²) in [5, 5.41) is 8.51. The molecule has 0 aromatic rings. The van der Waals surface area contributed by atoms with Gasteiger partial charge in [-0.3, -0.25) is 0 Å². The number of aliphatic hydroxyl groups excluding tert-OH is 1. The fraction of sp³-hybridized carbons (Fsp3) is 1.00. The van der Waals surface area contributed by atoms with Crippen LogP contribution in [0.1, 0.15) is 20.3 Å². The standard InChI is InChI=1S/C7H14O/c1-5-6(2)7(5)3-4-8/h5-8H,3-4H2,1-2H3/t5-,6+,7?. The van der Waals surface area contributed by atoms with Crippen molar-refractivity contribution in [1.82, 2.24) is 0 Å². The first-order valence-electron chi connectivity index (χ1n) is 3.38. The highest BCUT2D eigenvalue weighted by Gasteiger charge is 2.41. The van der Waals surface area contributed by atoms with Gasteiger partial charge in [0, 0.05) is 6.61 Å². The van der Waals surface area contributed by atoms with Crippen LogP contribution in [-0.4, -0.2) is 11.7 Å². The maximum Gasteiger partial charge on any atom is 0.0433 e. The Hall–Kier alpha value is -0.0400. The summed E-state index contributed by atoms with van der Waals surface area (Å²) in [4.78, 5) is 0. The van der Waals surface area contributed by atoms with Crippen molar-refractivity contribution in [2.45, 2.75) is 20.3 Å². The van der Waals surface area contributed by atoms with Gasteiger partial charge in [-0.05, 0) is 24.2 Å². The SMILES string of the molecule is C[C@@H]1C(CCO)[C@@H]1C. The molecular weight excluding hydrogens is 100 g/mol. The molecule has 1 unspecified atom stereocenters. The first kappa shape index (κ1) is 6.09. The van der Waals surface area contributed by atoms with Gasteiger partial charge in [0.25, 0.3) is 0 Å². The minimum Gasteiger partial charge on any atom is -0.396 e. The third kappa shape index (κ3) is 0.873. The fourth-order valence-electron chi connectivity index (χ4n) is 1.44. The number of hydrogen-bond donors (Lipinski definition) is 1. The lowest BCUT2D eigenvalue weighted by atomic mass is 10.2. The molecule has 1 rings (SSSR count). The maximum atomic E-state index is 8.51. The molecule has 1 nitrogen and oxygen atoms in total. The van der Waals surface area contributed by atoms with Crippen LogP contribution in [0, 0.1) is 17.8 Å². The summed E-state index contributed by atoms with van der Waals surface area (Å²) in [7, 11) is 0. The molecule has 1 fully saturated rings. The van der Waals surface area contributed by atoms with Crippen LogP contribution in [0.4, 0.5) is 0 Å². The van der Waals surface area contributed by atoms with Gasteiger partial charge in [0.05, 0.1) is 0 Å². The van der Waals surface area contributed by atoms with Crippen LogP contribution >= 0.6 is 0 Å². The van der Waals surface area contributed by atoms with E-state index in [-0.39, 0.29) is 0 Å². The Morgan fingerprint density at radius 2 is 1.75 bits per heavy atom. The van der Waals surface area contributed by atoms with E-state index in [1.807, 2.05) is 0 Å². The van der Waals surface area contributed by atoms with Crippen LogP contribution in [0.25, 0.3) is 0 Å². The first-order valence-corrected chi connectivity index (χ1v) is 3.38. The van der Waals surface area contributed by atoms with Gasteiger partial charge in [0.2, 0.25) is 0 Å². The van der Waals surface area contributed by atoms with Gasteiger partial charge >= 0.3 is 0 Å². The molecule has 8 heavy (non-hydrogen) atoms.